The van der Waals surface area contributed by atoms with Crippen molar-refractivity contribution >= 4 is 11.8 Å². The van der Waals surface area contributed by atoms with Crippen LogP contribution in [0.2, 0.25) is 0 Å². The molecule has 2 N–H and O–H groups in total. The van der Waals surface area contributed by atoms with Gasteiger partial charge in [-0.1, -0.05) is 0 Å². The van der Waals surface area contributed by atoms with Crippen LogP contribution in [0.15, 0.2) is 6.33 Å². The van der Waals surface area contributed by atoms with Crippen LogP contribution in [0.3, 0.4) is 0 Å². The second-order valence-electron chi connectivity index (χ2n) is 4.96. The maximum absolute atomic E-state index is 11.7. The van der Waals surface area contributed by atoms with Crippen LogP contribution < -0.4 is 5.73 Å². The van der Waals surface area contributed by atoms with Crippen molar-refractivity contribution in [1.29, 1.82) is 0 Å². The van der Waals surface area contributed by atoms with E-state index < -0.39 is 5.97 Å². The van der Waals surface area contributed by atoms with Gasteiger partial charge in [-0.05, 0) is 39.8 Å². The first-order valence-electron chi connectivity index (χ1n) is 6.85. The summed E-state index contributed by atoms with van der Waals surface area (Å²) < 4.78 is 6.78. The molecular weight excluding hydrogens is 244 g/mol. The maximum atomic E-state index is 11.7. The molecular formula is C13H22N4O2. The standard InChI is InChI=1S/C13H22N4O2/c1-3-19-13(18)11-12(14)17(9-15-11)10(2)8-16-6-4-5-7-16/h9-10H,3-8,14H2,1-2H3. The van der Waals surface area contributed by atoms with Gasteiger partial charge in [0, 0.05) is 12.6 Å². The fourth-order valence-corrected chi connectivity index (χ4v) is 2.51. The number of aromatic nitrogens is 2. The molecule has 0 radical (unpaired) electrons. The molecule has 2 rings (SSSR count). The number of rotatable bonds is 5. The zero-order valence-corrected chi connectivity index (χ0v) is 11.6. The van der Waals surface area contributed by atoms with Crippen LogP contribution in [0, 0.1) is 0 Å². The fourth-order valence-electron chi connectivity index (χ4n) is 2.51. The molecule has 1 atom stereocenters. The van der Waals surface area contributed by atoms with Gasteiger partial charge in [-0.3, -0.25) is 0 Å². The lowest BCUT2D eigenvalue weighted by atomic mass is 10.3. The van der Waals surface area contributed by atoms with Crippen molar-refractivity contribution in [2.75, 3.05) is 32.0 Å². The van der Waals surface area contributed by atoms with Crippen molar-refractivity contribution < 1.29 is 9.53 Å². The number of carbonyl (C=O) groups is 1. The minimum absolute atomic E-state index is 0.203. The van der Waals surface area contributed by atoms with Crippen LogP contribution in [0.25, 0.3) is 0 Å². The molecule has 1 unspecified atom stereocenters. The molecule has 2 heterocycles. The van der Waals surface area contributed by atoms with Gasteiger partial charge in [-0.2, -0.15) is 0 Å². The minimum atomic E-state index is -0.452. The van der Waals surface area contributed by atoms with Crippen molar-refractivity contribution in [2.24, 2.45) is 0 Å². The topological polar surface area (TPSA) is 73.4 Å². The highest BCUT2D eigenvalue weighted by Gasteiger charge is 2.21. The van der Waals surface area contributed by atoms with Crippen molar-refractivity contribution in [3.63, 3.8) is 0 Å². The largest absolute Gasteiger partial charge is 0.461 e. The molecule has 1 aliphatic rings. The Bertz CT molecular complexity index is 438. The maximum Gasteiger partial charge on any atom is 0.360 e. The van der Waals surface area contributed by atoms with E-state index in [0.29, 0.717) is 12.4 Å². The number of esters is 1. The first kappa shape index (κ1) is 13.9. The molecule has 6 heteroatoms. The number of carbonyl (C=O) groups excluding carboxylic acids is 1. The van der Waals surface area contributed by atoms with Crippen LogP contribution in [-0.4, -0.2) is 46.7 Å². The van der Waals surface area contributed by atoms with E-state index in [0.717, 1.165) is 19.6 Å². The molecule has 1 saturated heterocycles. The first-order chi connectivity index (χ1) is 9.13. The zero-order valence-electron chi connectivity index (χ0n) is 11.6. The Morgan fingerprint density at radius 2 is 2.21 bits per heavy atom. The molecule has 0 spiro atoms. The second-order valence-corrected chi connectivity index (χ2v) is 4.96. The smallest absolute Gasteiger partial charge is 0.360 e. The fraction of sp³-hybridized carbons (Fsp3) is 0.692. The number of nitrogens with two attached hydrogens (primary N) is 1. The molecule has 0 saturated carbocycles. The summed E-state index contributed by atoms with van der Waals surface area (Å²) >= 11 is 0. The third kappa shape index (κ3) is 3.07. The normalized spacial score (nSPS) is 17.6. The number of anilines is 1. The SMILES string of the molecule is CCOC(=O)c1ncn(C(C)CN2CCCC2)c1N. The summed E-state index contributed by atoms with van der Waals surface area (Å²) in [6.45, 7) is 7.40. The summed E-state index contributed by atoms with van der Waals surface area (Å²) in [4.78, 5) is 18.1. The van der Waals surface area contributed by atoms with Gasteiger partial charge in [0.05, 0.1) is 12.9 Å². The zero-order chi connectivity index (χ0) is 13.8. The molecule has 1 fully saturated rings. The molecule has 0 amide bonds. The van der Waals surface area contributed by atoms with E-state index in [2.05, 4.69) is 16.8 Å². The monoisotopic (exact) mass is 266 g/mol. The third-order valence-corrected chi connectivity index (χ3v) is 3.50. The minimum Gasteiger partial charge on any atom is -0.461 e. The van der Waals surface area contributed by atoms with Gasteiger partial charge >= 0.3 is 5.97 Å². The third-order valence-electron chi connectivity index (χ3n) is 3.50. The molecule has 1 aromatic rings. The van der Waals surface area contributed by atoms with E-state index in [4.69, 9.17) is 10.5 Å². The highest BCUT2D eigenvalue weighted by atomic mass is 16.5. The average Bonchev–Trinajstić information content (AvgIpc) is 2.98. The van der Waals surface area contributed by atoms with E-state index in [-0.39, 0.29) is 11.7 Å². The molecule has 1 aliphatic heterocycles. The number of hydrogen-bond acceptors (Lipinski definition) is 5. The van der Waals surface area contributed by atoms with Crippen LogP contribution >= 0.6 is 0 Å². The summed E-state index contributed by atoms with van der Waals surface area (Å²) in [5.41, 5.74) is 6.21. The Hall–Kier alpha value is -1.56. The van der Waals surface area contributed by atoms with E-state index in [1.807, 2.05) is 4.57 Å². The summed E-state index contributed by atoms with van der Waals surface area (Å²) in [6.07, 6.45) is 4.16. The summed E-state index contributed by atoms with van der Waals surface area (Å²) in [5.74, 6) is -0.0581. The summed E-state index contributed by atoms with van der Waals surface area (Å²) in [6, 6.07) is 0.203. The van der Waals surface area contributed by atoms with E-state index in [9.17, 15) is 4.79 Å². The predicted molar refractivity (Wildman–Crippen MR) is 73.0 cm³/mol. The van der Waals surface area contributed by atoms with Gasteiger partial charge in [-0.15, -0.1) is 0 Å². The number of hydrogen-bond donors (Lipinski definition) is 1. The van der Waals surface area contributed by atoms with Gasteiger partial charge in [-0.25, -0.2) is 9.78 Å². The van der Waals surface area contributed by atoms with Crippen molar-refractivity contribution in [2.45, 2.75) is 32.7 Å². The molecule has 0 aromatic carbocycles. The lowest BCUT2D eigenvalue weighted by Crippen LogP contribution is -2.27. The van der Waals surface area contributed by atoms with E-state index >= 15 is 0 Å². The lowest BCUT2D eigenvalue weighted by Gasteiger charge is -2.22. The molecule has 106 valence electrons. The number of likely N-dealkylation sites (tertiary alicyclic amines) is 1. The highest BCUT2D eigenvalue weighted by Crippen LogP contribution is 2.20. The molecule has 0 bridgehead atoms. The van der Waals surface area contributed by atoms with Crippen molar-refractivity contribution in [1.82, 2.24) is 14.5 Å². The van der Waals surface area contributed by atoms with E-state index in [1.54, 1.807) is 13.3 Å². The molecule has 6 nitrogen and oxygen atoms in total. The first-order valence-corrected chi connectivity index (χ1v) is 6.85. The van der Waals surface area contributed by atoms with Crippen LogP contribution in [0.4, 0.5) is 5.82 Å². The van der Waals surface area contributed by atoms with Gasteiger partial charge in [0.1, 0.15) is 5.82 Å². The lowest BCUT2D eigenvalue weighted by molar-refractivity contribution is 0.0521. The number of ether oxygens (including phenoxy) is 1. The number of nitrogen functional groups attached to an aromatic ring is 1. The van der Waals surface area contributed by atoms with E-state index in [1.165, 1.54) is 12.8 Å². The average molecular weight is 266 g/mol. The summed E-state index contributed by atoms with van der Waals surface area (Å²) in [5, 5.41) is 0. The van der Waals surface area contributed by atoms with Gasteiger partial charge in [0.15, 0.2) is 5.69 Å². The number of nitrogens with zero attached hydrogens (tertiary/aromatic N) is 3. The predicted octanol–water partition coefficient (Wildman–Crippen LogP) is 1.30. The van der Waals surface area contributed by atoms with Gasteiger partial charge in [0.25, 0.3) is 0 Å². The Kier molecular flexibility index (Phi) is 4.42. The second kappa shape index (κ2) is 6.06. The van der Waals surface area contributed by atoms with Gasteiger partial charge < -0.3 is 19.9 Å². The highest BCUT2D eigenvalue weighted by molar-refractivity contribution is 5.92. The van der Waals surface area contributed by atoms with Crippen LogP contribution in [0.5, 0.6) is 0 Å². The Balaban J connectivity index is 2.05. The van der Waals surface area contributed by atoms with Crippen LogP contribution in [0.1, 0.15) is 43.2 Å². The Morgan fingerprint density at radius 1 is 1.53 bits per heavy atom. The summed E-state index contributed by atoms with van der Waals surface area (Å²) in [7, 11) is 0. The quantitative estimate of drug-likeness (QED) is 0.813. The molecule has 19 heavy (non-hydrogen) atoms. The van der Waals surface area contributed by atoms with Crippen molar-refractivity contribution in [3.8, 4) is 0 Å². The Morgan fingerprint density at radius 3 is 2.84 bits per heavy atom. The van der Waals surface area contributed by atoms with Gasteiger partial charge in [0.2, 0.25) is 0 Å². The Labute approximate surface area is 113 Å². The molecule has 0 aliphatic carbocycles. The van der Waals surface area contributed by atoms with Crippen LogP contribution in [-0.2, 0) is 4.74 Å². The van der Waals surface area contributed by atoms with Crippen molar-refractivity contribution in [3.05, 3.63) is 12.0 Å². The molecule has 1 aromatic heterocycles. The number of imidazole rings is 1.